The minimum Gasteiger partial charge on any atom is -0.503 e. The van der Waals surface area contributed by atoms with E-state index in [-0.39, 0.29) is 43.2 Å². The van der Waals surface area contributed by atoms with Crippen LogP contribution in [-0.2, 0) is 26.4 Å². The standard InChI is InChI=1S/C23H25F2N3O7S/c1-12(2)27-11-23(7-15(8-23)35-36(3,33)34)28-10-16(19(29)20(30)18(28)22(27)32)21(31)26-9-13-4-5-14(24)6-17(13)25/h4-6,10,12,15,30H,7-9,11H2,1-3H3,(H,26,31). The van der Waals surface area contributed by atoms with Crippen molar-refractivity contribution >= 4 is 21.9 Å². The Hall–Kier alpha value is -3.32. The van der Waals surface area contributed by atoms with Gasteiger partial charge in [-0.3, -0.25) is 18.6 Å². The molecule has 1 saturated carbocycles. The first kappa shape index (κ1) is 25.8. The van der Waals surface area contributed by atoms with Crippen LogP contribution in [0.5, 0.6) is 5.75 Å². The van der Waals surface area contributed by atoms with Gasteiger partial charge in [0.15, 0.2) is 11.4 Å². The van der Waals surface area contributed by atoms with Gasteiger partial charge in [0.25, 0.3) is 21.9 Å². The molecule has 1 spiro atoms. The van der Waals surface area contributed by atoms with Gasteiger partial charge in [-0.1, -0.05) is 6.07 Å². The van der Waals surface area contributed by atoms with Gasteiger partial charge in [0, 0.05) is 49.8 Å². The third kappa shape index (κ3) is 4.60. The lowest BCUT2D eigenvalue weighted by atomic mass is 9.71. The Labute approximate surface area is 205 Å². The molecule has 2 aromatic rings. The SMILES string of the molecule is CC(C)N1CC2(CC(OS(C)(=O)=O)C2)n2cc(C(=O)NCc3ccc(F)cc3F)c(=O)c(O)c2C1=O. The molecule has 1 aliphatic carbocycles. The number of aromatic hydroxyl groups is 1. The number of amides is 2. The summed E-state index contributed by atoms with van der Waals surface area (Å²) in [6, 6.07) is 2.53. The van der Waals surface area contributed by atoms with E-state index in [2.05, 4.69) is 5.32 Å². The maximum absolute atomic E-state index is 13.9. The number of benzene rings is 1. The Morgan fingerprint density at radius 3 is 2.53 bits per heavy atom. The summed E-state index contributed by atoms with van der Waals surface area (Å²) in [5.74, 6) is -4.14. The first-order valence-corrected chi connectivity index (χ1v) is 12.9. The first-order valence-electron chi connectivity index (χ1n) is 11.1. The fourth-order valence-electron chi connectivity index (χ4n) is 4.72. The summed E-state index contributed by atoms with van der Waals surface area (Å²) in [4.78, 5) is 40.3. The van der Waals surface area contributed by atoms with Crippen molar-refractivity contribution in [2.75, 3.05) is 12.8 Å². The molecule has 0 radical (unpaired) electrons. The number of halogens is 2. The van der Waals surface area contributed by atoms with Crippen molar-refractivity contribution < 1.29 is 36.1 Å². The Kier molecular flexibility index (Phi) is 6.41. The fraction of sp³-hybridized carbons (Fsp3) is 0.435. The van der Waals surface area contributed by atoms with E-state index in [1.54, 1.807) is 13.8 Å². The summed E-state index contributed by atoms with van der Waals surface area (Å²) >= 11 is 0. The Morgan fingerprint density at radius 1 is 1.28 bits per heavy atom. The van der Waals surface area contributed by atoms with Crippen LogP contribution < -0.4 is 10.7 Å². The largest absolute Gasteiger partial charge is 0.503 e. The molecule has 36 heavy (non-hydrogen) atoms. The van der Waals surface area contributed by atoms with Gasteiger partial charge in [-0.25, -0.2) is 8.78 Å². The van der Waals surface area contributed by atoms with Crippen LogP contribution in [0, 0.1) is 11.6 Å². The topological polar surface area (TPSA) is 135 Å². The summed E-state index contributed by atoms with van der Waals surface area (Å²) in [6.45, 7) is 3.30. The maximum atomic E-state index is 13.9. The number of nitrogens with one attached hydrogen (secondary N) is 1. The molecule has 2 heterocycles. The lowest BCUT2D eigenvalue weighted by molar-refractivity contribution is -0.0379. The summed E-state index contributed by atoms with van der Waals surface area (Å²) in [5.41, 5.74) is -2.83. The second-order valence-corrected chi connectivity index (χ2v) is 11.0. The summed E-state index contributed by atoms with van der Waals surface area (Å²) in [6.07, 6.45) is 1.68. The van der Waals surface area contributed by atoms with Crippen molar-refractivity contribution in [3.63, 3.8) is 0 Å². The predicted molar refractivity (Wildman–Crippen MR) is 123 cm³/mol. The molecular formula is C23H25F2N3O7S. The van der Waals surface area contributed by atoms with Crippen molar-refractivity contribution in [2.24, 2.45) is 0 Å². The van der Waals surface area contributed by atoms with Crippen molar-refractivity contribution in [3.05, 3.63) is 63.1 Å². The van der Waals surface area contributed by atoms with E-state index < -0.39 is 62.0 Å². The quantitative estimate of drug-likeness (QED) is 0.545. The third-order valence-corrected chi connectivity index (χ3v) is 7.09. The smallest absolute Gasteiger partial charge is 0.274 e. The van der Waals surface area contributed by atoms with Crippen LogP contribution in [-0.4, -0.2) is 59.8 Å². The van der Waals surface area contributed by atoms with Crippen molar-refractivity contribution in [3.8, 4) is 5.75 Å². The monoisotopic (exact) mass is 525 g/mol. The molecule has 194 valence electrons. The van der Waals surface area contributed by atoms with Crippen molar-refractivity contribution in [2.45, 2.75) is 50.9 Å². The molecular weight excluding hydrogens is 500 g/mol. The molecule has 2 N–H and O–H groups in total. The zero-order valence-corrected chi connectivity index (χ0v) is 20.6. The average Bonchev–Trinajstić information content (AvgIpc) is 2.74. The van der Waals surface area contributed by atoms with E-state index >= 15 is 0 Å². The van der Waals surface area contributed by atoms with Gasteiger partial charge in [0.2, 0.25) is 5.43 Å². The number of fused-ring (bicyclic) bond motifs is 2. The van der Waals surface area contributed by atoms with Crippen molar-refractivity contribution in [1.82, 2.24) is 14.8 Å². The number of hydrogen-bond acceptors (Lipinski definition) is 7. The molecule has 0 saturated heterocycles. The second kappa shape index (κ2) is 8.96. The number of nitrogens with zero attached hydrogens (tertiary/aromatic N) is 2. The summed E-state index contributed by atoms with van der Waals surface area (Å²) in [5, 5.41) is 13.1. The Bertz CT molecular complexity index is 1420. The maximum Gasteiger partial charge on any atom is 0.274 e. The molecule has 10 nitrogen and oxygen atoms in total. The molecule has 0 bridgehead atoms. The molecule has 1 aromatic carbocycles. The van der Waals surface area contributed by atoms with Crippen LogP contribution in [0.25, 0.3) is 0 Å². The number of carbonyl (C=O) groups excluding carboxylic acids is 2. The van der Waals surface area contributed by atoms with E-state index in [1.165, 1.54) is 9.47 Å². The second-order valence-electron chi connectivity index (χ2n) is 9.44. The molecule has 0 atom stereocenters. The highest BCUT2D eigenvalue weighted by Crippen LogP contribution is 2.46. The van der Waals surface area contributed by atoms with Gasteiger partial charge >= 0.3 is 0 Å². The van der Waals surface area contributed by atoms with Crippen LogP contribution in [0.1, 0.15) is 53.1 Å². The number of rotatable bonds is 6. The zero-order valence-electron chi connectivity index (χ0n) is 19.7. The van der Waals surface area contributed by atoms with Crippen molar-refractivity contribution in [1.29, 1.82) is 0 Å². The highest BCUT2D eigenvalue weighted by atomic mass is 32.2. The summed E-state index contributed by atoms with van der Waals surface area (Å²) < 4.78 is 56.6. The molecule has 0 unspecified atom stereocenters. The molecule has 13 heteroatoms. The Morgan fingerprint density at radius 2 is 1.94 bits per heavy atom. The van der Waals surface area contributed by atoms with E-state index in [4.69, 9.17) is 4.18 Å². The number of carbonyl (C=O) groups is 2. The van der Waals surface area contributed by atoms with Gasteiger partial charge in [0.1, 0.15) is 17.2 Å². The predicted octanol–water partition coefficient (Wildman–Crippen LogP) is 1.46. The molecule has 1 aromatic heterocycles. The van der Waals surface area contributed by atoms with Crippen LogP contribution in [0.3, 0.4) is 0 Å². The van der Waals surface area contributed by atoms with E-state index in [0.717, 1.165) is 24.6 Å². The molecule has 2 amide bonds. The summed E-state index contributed by atoms with van der Waals surface area (Å²) in [7, 11) is -3.74. The van der Waals surface area contributed by atoms with E-state index in [1.807, 2.05) is 0 Å². The number of aromatic nitrogens is 1. The van der Waals surface area contributed by atoms with E-state index in [9.17, 15) is 36.7 Å². The van der Waals surface area contributed by atoms with Gasteiger partial charge in [-0.2, -0.15) is 8.42 Å². The van der Waals surface area contributed by atoms with Gasteiger partial charge < -0.3 is 19.9 Å². The minimum atomic E-state index is -3.74. The molecule has 1 fully saturated rings. The fourth-order valence-corrected chi connectivity index (χ4v) is 5.35. The van der Waals surface area contributed by atoms with Crippen LogP contribution in [0.2, 0.25) is 0 Å². The molecule has 1 aliphatic heterocycles. The third-order valence-electron chi connectivity index (χ3n) is 6.47. The van der Waals surface area contributed by atoms with Crippen LogP contribution >= 0.6 is 0 Å². The molecule has 4 rings (SSSR count). The van der Waals surface area contributed by atoms with Gasteiger partial charge in [0.05, 0.1) is 17.9 Å². The van der Waals surface area contributed by atoms with Gasteiger partial charge in [-0.05, 0) is 19.9 Å². The minimum absolute atomic E-state index is 0.0222. The highest BCUT2D eigenvalue weighted by molar-refractivity contribution is 7.86. The Balaban J connectivity index is 1.71. The van der Waals surface area contributed by atoms with Crippen LogP contribution in [0.15, 0.2) is 29.2 Å². The number of hydrogen-bond donors (Lipinski definition) is 2. The highest BCUT2D eigenvalue weighted by Gasteiger charge is 2.54. The average molecular weight is 526 g/mol. The van der Waals surface area contributed by atoms with Gasteiger partial charge in [-0.15, -0.1) is 0 Å². The van der Waals surface area contributed by atoms with E-state index in [0.29, 0.717) is 6.07 Å². The lowest BCUT2D eigenvalue weighted by Gasteiger charge is -2.54. The molecule has 2 aliphatic rings. The van der Waals surface area contributed by atoms with Crippen LogP contribution in [0.4, 0.5) is 8.78 Å². The normalized spacial score (nSPS) is 21.4. The number of pyridine rings is 1. The zero-order chi connectivity index (χ0) is 26.6. The lowest BCUT2D eigenvalue weighted by Crippen LogP contribution is -2.63. The first-order chi connectivity index (χ1) is 16.7.